The molecule has 0 amide bonds. The Morgan fingerprint density at radius 2 is 2.10 bits per heavy atom. The molecule has 1 aromatic rings. The first-order valence-corrected chi connectivity index (χ1v) is 7.04. The SMILES string of the molecule is CCCCNC(N)=NCc1ccc(OC)c(OCC)c1. The van der Waals surface area contributed by atoms with Gasteiger partial charge in [-0.15, -0.1) is 0 Å². The van der Waals surface area contributed by atoms with Gasteiger partial charge in [-0.05, 0) is 31.0 Å². The van der Waals surface area contributed by atoms with Crippen LogP contribution in [0.1, 0.15) is 32.3 Å². The molecule has 0 saturated carbocycles. The summed E-state index contributed by atoms with van der Waals surface area (Å²) in [5.41, 5.74) is 6.83. The Labute approximate surface area is 121 Å². The fourth-order valence-electron chi connectivity index (χ4n) is 1.71. The summed E-state index contributed by atoms with van der Waals surface area (Å²) in [6.45, 7) is 6.07. The van der Waals surface area contributed by atoms with E-state index in [0.29, 0.717) is 19.1 Å². The zero-order valence-electron chi connectivity index (χ0n) is 12.6. The van der Waals surface area contributed by atoms with Crippen molar-refractivity contribution in [2.45, 2.75) is 33.2 Å². The Hall–Kier alpha value is -1.91. The average molecular weight is 279 g/mol. The minimum absolute atomic E-state index is 0.479. The van der Waals surface area contributed by atoms with E-state index >= 15 is 0 Å². The van der Waals surface area contributed by atoms with Gasteiger partial charge in [-0.3, -0.25) is 0 Å². The number of benzene rings is 1. The van der Waals surface area contributed by atoms with Crippen LogP contribution in [0.25, 0.3) is 0 Å². The van der Waals surface area contributed by atoms with Crippen molar-refractivity contribution in [2.75, 3.05) is 20.3 Å². The molecule has 0 aromatic heterocycles. The molecule has 112 valence electrons. The van der Waals surface area contributed by atoms with Gasteiger partial charge >= 0.3 is 0 Å². The lowest BCUT2D eigenvalue weighted by Gasteiger charge is -2.10. The van der Waals surface area contributed by atoms with Gasteiger partial charge in [0.15, 0.2) is 17.5 Å². The summed E-state index contributed by atoms with van der Waals surface area (Å²) >= 11 is 0. The highest BCUT2D eigenvalue weighted by Gasteiger charge is 2.05. The van der Waals surface area contributed by atoms with E-state index in [4.69, 9.17) is 15.2 Å². The van der Waals surface area contributed by atoms with Crippen molar-refractivity contribution in [3.8, 4) is 11.5 Å². The fraction of sp³-hybridized carbons (Fsp3) is 0.533. The minimum Gasteiger partial charge on any atom is -0.493 e. The third-order valence-corrected chi connectivity index (χ3v) is 2.80. The Kier molecular flexibility index (Phi) is 7.32. The number of ether oxygens (including phenoxy) is 2. The van der Waals surface area contributed by atoms with Crippen LogP contribution in [0.15, 0.2) is 23.2 Å². The molecule has 1 rings (SSSR count). The van der Waals surface area contributed by atoms with Crippen molar-refractivity contribution >= 4 is 5.96 Å². The van der Waals surface area contributed by atoms with E-state index < -0.39 is 0 Å². The fourth-order valence-corrected chi connectivity index (χ4v) is 1.71. The highest BCUT2D eigenvalue weighted by molar-refractivity contribution is 5.77. The molecule has 0 spiro atoms. The smallest absolute Gasteiger partial charge is 0.188 e. The highest BCUT2D eigenvalue weighted by Crippen LogP contribution is 2.28. The summed E-state index contributed by atoms with van der Waals surface area (Å²) < 4.78 is 10.8. The zero-order valence-corrected chi connectivity index (χ0v) is 12.6. The maximum atomic E-state index is 5.80. The number of nitrogens with one attached hydrogen (secondary N) is 1. The van der Waals surface area contributed by atoms with Crippen molar-refractivity contribution in [2.24, 2.45) is 10.7 Å². The van der Waals surface area contributed by atoms with E-state index in [0.717, 1.165) is 36.4 Å². The van der Waals surface area contributed by atoms with E-state index in [-0.39, 0.29) is 0 Å². The number of hydrogen-bond donors (Lipinski definition) is 2. The summed E-state index contributed by atoms with van der Waals surface area (Å²) in [4.78, 5) is 4.31. The molecule has 1 aromatic carbocycles. The van der Waals surface area contributed by atoms with Crippen LogP contribution in [-0.2, 0) is 6.54 Å². The Bertz CT molecular complexity index is 433. The van der Waals surface area contributed by atoms with Gasteiger partial charge in [-0.1, -0.05) is 19.4 Å². The lowest BCUT2D eigenvalue weighted by atomic mass is 10.2. The monoisotopic (exact) mass is 279 g/mol. The lowest BCUT2D eigenvalue weighted by Crippen LogP contribution is -2.32. The summed E-state index contributed by atoms with van der Waals surface area (Å²) in [7, 11) is 1.63. The summed E-state index contributed by atoms with van der Waals surface area (Å²) in [5.74, 6) is 1.95. The molecule has 0 bridgehead atoms. The number of aliphatic imine (C=N–C) groups is 1. The van der Waals surface area contributed by atoms with Crippen molar-refractivity contribution in [3.63, 3.8) is 0 Å². The van der Waals surface area contributed by atoms with Crippen molar-refractivity contribution in [3.05, 3.63) is 23.8 Å². The van der Waals surface area contributed by atoms with Gasteiger partial charge in [0, 0.05) is 6.54 Å². The molecule has 0 fully saturated rings. The van der Waals surface area contributed by atoms with E-state index in [1.54, 1.807) is 7.11 Å². The van der Waals surface area contributed by atoms with Gasteiger partial charge in [0.2, 0.25) is 0 Å². The van der Waals surface area contributed by atoms with Gasteiger partial charge in [0.25, 0.3) is 0 Å². The lowest BCUT2D eigenvalue weighted by molar-refractivity contribution is 0.310. The van der Waals surface area contributed by atoms with Crippen LogP contribution in [0.2, 0.25) is 0 Å². The molecule has 0 aliphatic rings. The first-order chi connectivity index (χ1) is 9.71. The van der Waals surface area contributed by atoms with E-state index in [1.807, 2.05) is 25.1 Å². The third kappa shape index (κ3) is 5.38. The van der Waals surface area contributed by atoms with Crippen molar-refractivity contribution in [1.29, 1.82) is 0 Å². The zero-order chi connectivity index (χ0) is 14.8. The quantitative estimate of drug-likeness (QED) is 0.435. The number of rotatable bonds is 8. The topological polar surface area (TPSA) is 68.9 Å². The predicted molar refractivity (Wildman–Crippen MR) is 82.4 cm³/mol. The number of methoxy groups -OCH3 is 1. The van der Waals surface area contributed by atoms with E-state index in [9.17, 15) is 0 Å². The number of unbranched alkanes of at least 4 members (excludes halogenated alkanes) is 1. The molecule has 0 aliphatic heterocycles. The van der Waals surface area contributed by atoms with Crippen LogP contribution in [-0.4, -0.2) is 26.2 Å². The molecule has 0 saturated heterocycles. The molecule has 0 heterocycles. The standard InChI is InChI=1S/C15H25N3O2/c1-4-6-9-17-15(16)18-11-12-7-8-13(19-3)14(10-12)20-5-2/h7-8,10H,4-6,9,11H2,1-3H3,(H3,16,17,18). The second-order valence-electron chi connectivity index (χ2n) is 4.40. The second kappa shape index (κ2) is 9.07. The molecule has 3 N–H and O–H groups in total. The average Bonchev–Trinajstić information content (AvgIpc) is 2.46. The number of hydrogen-bond acceptors (Lipinski definition) is 3. The van der Waals surface area contributed by atoms with E-state index in [1.165, 1.54) is 0 Å². The molecule has 20 heavy (non-hydrogen) atoms. The van der Waals surface area contributed by atoms with Crippen LogP contribution >= 0.6 is 0 Å². The maximum absolute atomic E-state index is 5.80. The Morgan fingerprint density at radius 1 is 1.30 bits per heavy atom. The molecule has 0 unspecified atom stereocenters. The van der Waals surface area contributed by atoms with Crippen LogP contribution in [0, 0.1) is 0 Å². The van der Waals surface area contributed by atoms with Gasteiger partial charge < -0.3 is 20.5 Å². The maximum Gasteiger partial charge on any atom is 0.188 e. The largest absolute Gasteiger partial charge is 0.493 e. The predicted octanol–water partition coefficient (Wildman–Crippen LogP) is 2.30. The molecule has 0 radical (unpaired) electrons. The van der Waals surface area contributed by atoms with Crippen molar-refractivity contribution < 1.29 is 9.47 Å². The van der Waals surface area contributed by atoms with Crippen LogP contribution < -0.4 is 20.5 Å². The molecule has 5 nitrogen and oxygen atoms in total. The Morgan fingerprint density at radius 3 is 2.75 bits per heavy atom. The minimum atomic E-state index is 0.479. The summed E-state index contributed by atoms with van der Waals surface area (Å²) in [6, 6.07) is 5.78. The van der Waals surface area contributed by atoms with Gasteiger partial charge in [-0.2, -0.15) is 0 Å². The highest BCUT2D eigenvalue weighted by atomic mass is 16.5. The van der Waals surface area contributed by atoms with Gasteiger partial charge in [0.1, 0.15) is 0 Å². The Balaban J connectivity index is 2.63. The van der Waals surface area contributed by atoms with Gasteiger partial charge in [-0.25, -0.2) is 4.99 Å². The second-order valence-corrected chi connectivity index (χ2v) is 4.40. The molecular formula is C15H25N3O2. The van der Waals surface area contributed by atoms with Crippen LogP contribution in [0.5, 0.6) is 11.5 Å². The number of guanidine groups is 1. The van der Waals surface area contributed by atoms with Gasteiger partial charge in [0.05, 0.1) is 20.3 Å². The normalized spacial score (nSPS) is 11.2. The first kappa shape index (κ1) is 16.1. The van der Waals surface area contributed by atoms with Crippen molar-refractivity contribution in [1.82, 2.24) is 5.32 Å². The number of nitrogens with two attached hydrogens (primary N) is 1. The molecular weight excluding hydrogens is 254 g/mol. The first-order valence-electron chi connectivity index (χ1n) is 7.04. The molecule has 0 atom stereocenters. The molecule has 5 heteroatoms. The van der Waals surface area contributed by atoms with Crippen LogP contribution in [0.4, 0.5) is 0 Å². The van der Waals surface area contributed by atoms with Crippen LogP contribution in [0.3, 0.4) is 0 Å². The summed E-state index contributed by atoms with van der Waals surface area (Å²) in [5, 5.41) is 3.09. The third-order valence-electron chi connectivity index (χ3n) is 2.80. The number of nitrogens with zero attached hydrogens (tertiary/aromatic N) is 1. The van der Waals surface area contributed by atoms with E-state index in [2.05, 4.69) is 17.2 Å². The summed E-state index contributed by atoms with van der Waals surface area (Å²) in [6.07, 6.45) is 2.23. The molecule has 0 aliphatic carbocycles.